The van der Waals surface area contributed by atoms with Crippen LogP contribution in [0.15, 0.2) is 27.4 Å². The van der Waals surface area contributed by atoms with E-state index in [1.807, 2.05) is 0 Å². The Bertz CT molecular complexity index is 1510. The Morgan fingerprint density at radius 1 is 1.07 bits per heavy atom. The lowest BCUT2D eigenvalue weighted by Crippen LogP contribution is -2.46. The highest BCUT2D eigenvalue weighted by Crippen LogP contribution is 2.66. The fourth-order valence-corrected chi connectivity index (χ4v) is 7.07. The topological polar surface area (TPSA) is 267 Å². The molecule has 2 unspecified atom stereocenters. The molecule has 1 fully saturated rings. The van der Waals surface area contributed by atoms with E-state index in [-0.39, 0.29) is 12.0 Å². The summed E-state index contributed by atoms with van der Waals surface area (Å²) in [6, 6.07) is 0. The van der Waals surface area contributed by atoms with E-state index in [4.69, 9.17) is 14.5 Å². The number of aromatic nitrogens is 2. The largest absolute Gasteiger partial charge is 0.490 e. The van der Waals surface area contributed by atoms with Gasteiger partial charge in [0.25, 0.3) is 5.56 Å². The van der Waals surface area contributed by atoms with E-state index in [0.29, 0.717) is 5.57 Å². The zero-order valence-corrected chi connectivity index (χ0v) is 24.0. The molecule has 3 heterocycles. The van der Waals surface area contributed by atoms with Gasteiger partial charge in [0.15, 0.2) is 0 Å². The van der Waals surface area contributed by atoms with Gasteiger partial charge in [-0.05, 0) is 33.8 Å². The van der Waals surface area contributed by atoms with Crippen molar-refractivity contribution in [2.45, 2.75) is 63.6 Å². The highest BCUT2D eigenvalue weighted by molar-refractivity contribution is 7.66. The summed E-state index contributed by atoms with van der Waals surface area (Å²) in [5.74, 6) is 5.42. The number of hydrogen-bond donors (Lipinski definition) is 6. The van der Waals surface area contributed by atoms with Crippen molar-refractivity contribution in [2.24, 2.45) is 0 Å². The third-order valence-electron chi connectivity index (χ3n) is 5.82. The first-order chi connectivity index (χ1) is 18.0. The quantitative estimate of drug-likeness (QED) is 0.163. The molecule has 0 amide bonds. The molecule has 18 nitrogen and oxygen atoms in total. The van der Waals surface area contributed by atoms with Gasteiger partial charge in [0.1, 0.15) is 17.9 Å². The van der Waals surface area contributed by atoms with Crippen molar-refractivity contribution in [1.29, 1.82) is 0 Å². The lowest BCUT2D eigenvalue weighted by Gasteiger charge is -2.32. The Morgan fingerprint density at radius 3 is 2.25 bits per heavy atom. The number of aromatic amines is 1. The first-order valence-electron chi connectivity index (χ1n) is 11.2. The smallest absolute Gasteiger partial charge is 0.390 e. The minimum absolute atomic E-state index is 0.173. The summed E-state index contributed by atoms with van der Waals surface area (Å²) >= 11 is 0. The van der Waals surface area contributed by atoms with Crippen LogP contribution in [0.25, 0.3) is 0 Å². The number of phosphoric ester groups is 1. The average Bonchev–Trinajstić information content (AvgIpc) is 3.19. The Balaban J connectivity index is 1.76. The zero-order chi connectivity index (χ0) is 30.5. The predicted molar refractivity (Wildman–Crippen MR) is 131 cm³/mol. The molecule has 0 bridgehead atoms. The van der Waals surface area contributed by atoms with Crippen LogP contribution in [0.5, 0.6) is 0 Å². The summed E-state index contributed by atoms with van der Waals surface area (Å²) in [7, 11) is -16.8. The fourth-order valence-electron chi connectivity index (χ4n) is 4.04. The highest BCUT2D eigenvalue weighted by atomic mass is 31.3. The van der Waals surface area contributed by atoms with E-state index in [2.05, 4.69) is 30.0 Å². The molecule has 0 aromatic carbocycles. The first-order valence-corrected chi connectivity index (χ1v) is 15.8. The number of hydrogen-bond acceptors (Lipinski definition) is 11. The fraction of sp³-hybridized carbons (Fsp3) is 0.579. The van der Waals surface area contributed by atoms with Crippen LogP contribution >= 0.6 is 23.5 Å². The molecule has 0 saturated carbocycles. The third-order valence-corrected chi connectivity index (χ3v) is 9.62. The van der Waals surface area contributed by atoms with E-state index >= 15 is 0 Å². The van der Waals surface area contributed by atoms with Crippen LogP contribution in [0, 0.1) is 11.8 Å². The van der Waals surface area contributed by atoms with Crippen LogP contribution in [0.4, 0.5) is 0 Å². The Hall–Kier alpha value is -1.77. The Morgan fingerprint density at radius 2 is 1.70 bits per heavy atom. The summed E-state index contributed by atoms with van der Waals surface area (Å²) < 4.78 is 52.1. The highest BCUT2D eigenvalue weighted by Gasteiger charge is 2.46. The van der Waals surface area contributed by atoms with Crippen molar-refractivity contribution in [3.63, 3.8) is 0 Å². The van der Waals surface area contributed by atoms with E-state index in [0.717, 1.165) is 15.8 Å². The van der Waals surface area contributed by atoms with Gasteiger partial charge < -0.3 is 29.4 Å². The molecule has 1 aromatic heterocycles. The second-order valence-corrected chi connectivity index (χ2v) is 14.3. The number of nitrogens with zero attached hydrogens (tertiary/aromatic N) is 2. The van der Waals surface area contributed by atoms with Crippen LogP contribution in [0.2, 0.25) is 0 Å². The van der Waals surface area contributed by atoms with Crippen LogP contribution < -0.4 is 11.2 Å². The molecule has 0 aliphatic carbocycles. The van der Waals surface area contributed by atoms with Crippen LogP contribution in [0.1, 0.15) is 45.9 Å². The van der Waals surface area contributed by atoms with Gasteiger partial charge in [0, 0.05) is 18.2 Å². The monoisotopic (exact) mass is 630 g/mol. The van der Waals surface area contributed by atoms with Gasteiger partial charge in [-0.25, -0.2) is 18.5 Å². The van der Waals surface area contributed by atoms with Crippen LogP contribution in [-0.4, -0.2) is 69.2 Å². The van der Waals surface area contributed by atoms with Crippen molar-refractivity contribution in [2.75, 3.05) is 6.61 Å². The lowest BCUT2D eigenvalue weighted by molar-refractivity contribution is -0.237. The second-order valence-electron chi connectivity index (χ2n) is 9.84. The van der Waals surface area contributed by atoms with Crippen molar-refractivity contribution < 1.29 is 61.5 Å². The van der Waals surface area contributed by atoms with Gasteiger partial charge in [-0.15, -0.1) is 10.3 Å². The van der Waals surface area contributed by atoms with Gasteiger partial charge in [0.05, 0.1) is 23.8 Å². The van der Waals surface area contributed by atoms with Gasteiger partial charge in [-0.1, -0.05) is 11.8 Å². The lowest BCUT2D eigenvalue weighted by atomic mass is 9.97. The van der Waals surface area contributed by atoms with Gasteiger partial charge in [0.2, 0.25) is 0 Å². The van der Waals surface area contributed by atoms with Crippen molar-refractivity contribution in [3.8, 4) is 11.8 Å². The maximum Gasteiger partial charge on any atom is 0.490 e. The summed E-state index contributed by atoms with van der Waals surface area (Å²) in [6.45, 7) is 5.78. The molecule has 40 heavy (non-hydrogen) atoms. The summed E-state index contributed by atoms with van der Waals surface area (Å²) in [4.78, 5) is 62.8. The maximum atomic E-state index is 12.5. The van der Waals surface area contributed by atoms with Gasteiger partial charge in [-0.2, -0.15) is 8.62 Å². The van der Waals surface area contributed by atoms with Crippen molar-refractivity contribution >= 4 is 23.5 Å². The number of ether oxygens (including phenoxy) is 1. The number of aliphatic hydroxyl groups excluding tert-OH is 1. The zero-order valence-electron chi connectivity index (χ0n) is 21.4. The van der Waals surface area contributed by atoms with Crippen LogP contribution in [-0.2, 0) is 36.8 Å². The number of nitrogens with one attached hydrogen (secondary N) is 1. The molecule has 5 atom stereocenters. The minimum atomic E-state index is -5.74. The second kappa shape index (κ2) is 11.1. The molecule has 21 heteroatoms. The standard InChI is InChI=1S/C19H27N3O15P3/c1-18(2)8-12(19(3,4)22(18)26)6-5-11-9-21(17(25)20-16(11)24)15-7-13(23)14(35-15)10-34-39(30,31)37-40(32,33)36-38(27,28)29/h8-9,13-15,23H,7,10H2,1-4H3,(H,30,31)(H,32,33)(H,20,24,25)(H2,27,28,29)/t13-,14+,15+/m0/s1. The normalized spacial score (nSPS) is 27.4. The molecule has 2 aliphatic heterocycles. The van der Waals surface area contributed by atoms with E-state index in [1.54, 1.807) is 33.8 Å². The molecule has 3 rings (SSSR count). The molecule has 2 aliphatic rings. The molecule has 223 valence electrons. The molecule has 1 aromatic rings. The number of aliphatic hydroxyl groups is 1. The number of H-pyrrole nitrogens is 1. The third kappa shape index (κ3) is 7.74. The van der Waals surface area contributed by atoms with E-state index < -0.39 is 70.8 Å². The van der Waals surface area contributed by atoms with Crippen LogP contribution in [0.3, 0.4) is 0 Å². The molecular formula is C19H27N3O15P3. The van der Waals surface area contributed by atoms with Crippen molar-refractivity contribution in [3.05, 3.63) is 44.2 Å². The molecule has 1 saturated heterocycles. The summed E-state index contributed by atoms with van der Waals surface area (Å²) in [5.41, 5.74) is -3.31. The van der Waals surface area contributed by atoms with E-state index in [1.165, 1.54) is 0 Å². The summed E-state index contributed by atoms with van der Waals surface area (Å²) in [5, 5.41) is 23.7. The van der Waals surface area contributed by atoms with Gasteiger partial charge >= 0.3 is 29.2 Å². The number of phosphoric acid groups is 3. The van der Waals surface area contributed by atoms with Crippen molar-refractivity contribution in [1.82, 2.24) is 14.6 Å². The SMILES string of the molecule is CC1(C)C=C(C#Cc2cn([C@H]3C[C@H](O)[C@@H](COP(=O)(O)OP(=O)(O)OP(=O)(O)O)O3)c(=O)[nH]c2=O)C(C)(C)N1[O]. The number of hydroxylamine groups is 2. The molecule has 6 N–H and O–H groups in total. The minimum Gasteiger partial charge on any atom is -0.390 e. The Kier molecular flexibility index (Phi) is 9.12. The predicted octanol–water partition coefficient (Wildman–Crippen LogP) is 0.0245. The average molecular weight is 630 g/mol. The molecular weight excluding hydrogens is 603 g/mol. The number of rotatable bonds is 8. The molecule has 0 spiro atoms. The van der Waals surface area contributed by atoms with Gasteiger partial charge in [-0.3, -0.25) is 18.9 Å². The summed E-state index contributed by atoms with van der Waals surface area (Å²) in [6.07, 6.45) is -1.60. The molecule has 1 radical (unpaired) electrons. The Labute approximate surface area is 226 Å². The van der Waals surface area contributed by atoms with E-state index in [9.17, 15) is 43.4 Å². The first kappa shape index (κ1) is 32.7. The maximum absolute atomic E-state index is 12.5.